The summed E-state index contributed by atoms with van der Waals surface area (Å²) in [6.45, 7) is 2.82. The van der Waals surface area contributed by atoms with Gasteiger partial charge in [0.15, 0.2) is 0 Å². The third kappa shape index (κ3) is 3.55. The van der Waals surface area contributed by atoms with E-state index in [1.807, 2.05) is 31.4 Å². The molecule has 0 unspecified atom stereocenters. The summed E-state index contributed by atoms with van der Waals surface area (Å²) in [6.07, 6.45) is 6.38. The number of ether oxygens (including phenoxy) is 2. The molecule has 3 heterocycles. The van der Waals surface area contributed by atoms with Gasteiger partial charge in [0.1, 0.15) is 11.5 Å². The van der Waals surface area contributed by atoms with Crippen molar-refractivity contribution in [3.8, 4) is 22.6 Å². The average Bonchev–Trinajstić information content (AvgIpc) is 2.77. The quantitative estimate of drug-likeness (QED) is 0.648. The highest BCUT2D eigenvalue weighted by Crippen LogP contribution is 2.38. The van der Waals surface area contributed by atoms with Gasteiger partial charge in [-0.25, -0.2) is 0 Å². The first kappa shape index (κ1) is 20.4. The van der Waals surface area contributed by atoms with Crippen LogP contribution in [-0.2, 0) is 13.6 Å². The Labute approximate surface area is 176 Å². The highest BCUT2D eigenvalue weighted by atomic mass is 16.5. The second-order valence-electron chi connectivity index (χ2n) is 7.71. The Kier molecular flexibility index (Phi) is 5.74. The minimum atomic E-state index is -0.0641. The monoisotopic (exact) mass is 408 g/mol. The van der Waals surface area contributed by atoms with Crippen molar-refractivity contribution in [1.29, 1.82) is 0 Å². The lowest BCUT2D eigenvalue weighted by Crippen LogP contribution is -2.51. The average molecular weight is 409 g/mol. The Bertz CT molecular complexity index is 1100. The van der Waals surface area contributed by atoms with E-state index in [4.69, 9.17) is 9.47 Å². The van der Waals surface area contributed by atoms with Gasteiger partial charge < -0.3 is 19.4 Å². The van der Waals surface area contributed by atoms with Crippen LogP contribution in [0.4, 0.5) is 0 Å². The molecule has 1 N–H and O–H groups in total. The summed E-state index contributed by atoms with van der Waals surface area (Å²) in [7, 11) is 7.12. The molecule has 1 saturated heterocycles. The van der Waals surface area contributed by atoms with E-state index in [-0.39, 0.29) is 5.56 Å². The second kappa shape index (κ2) is 8.45. The maximum absolute atomic E-state index is 12.5. The molecule has 7 heteroatoms. The molecule has 0 aliphatic carbocycles. The molecule has 4 rings (SSSR count). The van der Waals surface area contributed by atoms with Gasteiger partial charge in [-0.05, 0) is 42.6 Å². The van der Waals surface area contributed by atoms with Crippen molar-refractivity contribution in [2.75, 3.05) is 34.4 Å². The minimum Gasteiger partial charge on any atom is -0.496 e. The highest BCUT2D eigenvalue weighted by Gasteiger charge is 2.29. The van der Waals surface area contributed by atoms with Crippen molar-refractivity contribution in [1.82, 2.24) is 19.8 Å². The lowest BCUT2D eigenvalue weighted by molar-refractivity contribution is 0.0810. The third-order valence-corrected chi connectivity index (χ3v) is 5.97. The van der Waals surface area contributed by atoms with Crippen LogP contribution in [0, 0.1) is 0 Å². The van der Waals surface area contributed by atoms with Crippen LogP contribution in [0.1, 0.15) is 12.0 Å². The summed E-state index contributed by atoms with van der Waals surface area (Å²) in [5, 5.41) is 4.72. The molecule has 3 aromatic rings. The molecule has 158 valence electrons. The van der Waals surface area contributed by atoms with Gasteiger partial charge >= 0.3 is 0 Å². The number of likely N-dealkylation sites (N-methyl/N-ethyl adjacent to an activating group) is 1. The van der Waals surface area contributed by atoms with Crippen LogP contribution in [0.5, 0.6) is 11.5 Å². The molecular weight excluding hydrogens is 380 g/mol. The highest BCUT2D eigenvalue weighted by molar-refractivity contribution is 5.95. The molecule has 1 aromatic carbocycles. The number of fused-ring (bicyclic) bond motifs is 1. The minimum absolute atomic E-state index is 0.0641. The summed E-state index contributed by atoms with van der Waals surface area (Å²) >= 11 is 0. The van der Waals surface area contributed by atoms with Crippen molar-refractivity contribution in [3.63, 3.8) is 0 Å². The molecule has 1 fully saturated rings. The first-order chi connectivity index (χ1) is 14.6. The topological polar surface area (TPSA) is 68.6 Å². The zero-order chi connectivity index (χ0) is 21.3. The van der Waals surface area contributed by atoms with E-state index in [0.29, 0.717) is 11.4 Å². The van der Waals surface area contributed by atoms with Gasteiger partial charge in [-0.3, -0.25) is 14.7 Å². The molecule has 0 spiro atoms. The van der Waals surface area contributed by atoms with Gasteiger partial charge in [0, 0.05) is 56.9 Å². The molecule has 30 heavy (non-hydrogen) atoms. The SMILES string of the molecule is CNC[C@H]1CCN1Cc1c(OC)cc(-c2cn(C)c(=O)c3cnccc23)cc1OC. The second-order valence-corrected chi connectivity index (χ2v) is 7.71. The Balaban J connectivity index is 1.81. The molecule has 1 atom stereocenters. The molecule has 7 nitrogen and oxygen atoms in total. The maximum Gasteiger partial charge on any atom is 0.259 e. The van der Waals surface area contributed by atoms with Crippen LogP contribution in [0.25, 0.3) is 21.9 Å². The predicted octanol–water partition coefficient (Wildman–Crippen LogP) is 2.41. The maximum atomic E-state index is 12.5. The van der Waals surface area contributed by atoms with Crippen LogP contribution in [-0.4, -0.2) is 54.8 Å². The Hall–Kier alpha value is -2.90. The number of benzene rings is 1. The number of hydrogen-bond donors (Lipinski definition) is 1. The molecular formula is C23H28N4O3. The number of rotatable bonds is 7. The van der Waals surface area contributed by atoms with E-state index in [2.05, 4.69) is 15.2 Å². The van der Waals surface area contributed by atoms with Gasteiger partial charge in [0.05, 0.1) is 25.2 Å². The number of pyridine rings is 2. The number of hydrogen-bond acceptors (Lipinski definition) is 6. The van der Waals surface area contributed by atoms with Crippen molar-refractivity contribution < 1.29 is 9.47 Å². The van der Waals surface area contributed by atoms with E-state index in [1.54, 1.807) is 38.2 Å². The summed E-state index contributed by atoms with van der Waals surface area (Å²) < 4.78 is 13.1. The molecule has 0 saturated carbocycles. The number of nitrogens with zero attached hydrogens (tertiary/aromatic N) is 3. The van der Waals surface area contributed by atoms with E-state index >= 15 is 0 Å². The van der Waals surface area contributed by atoms with Crippen LogP contribution in [0.2, 0.25) is 0 Å². The Morgan fingerprint density at radius 3 is 2.53 bits per heavy atom. The Morgan fingerprint density at radius 1 is 1.20 bits per heavy atom. The fourth-order valence-corrected chi connectivity index (χ4v) is 4.21. The van der Waals surface area contributed by atoms with E-state index in [1.165, 1.54) is 6.42 Å². The largest absolute Gasteiger partial charge is 0.496 e. The number of aromatic nitrogens is 2. The lowest BCUT2D eigenvalue weighted by Gasteiger charge is -2.41. The summed E-state index contributed by atoms with van der Waals surface area (Å²) in [5.41, 5.74) is 2.86. The summed E-state index contributed by atoms with van der Waals surface area (Å²) in [6, 6.07) is 6.47. The van der Waals surface area contributed by atoms with Crippen LogP contribution in [0.3, 0.4) is 0 Å². The number of nitrogens with one attached hydrogen (secondary N) is 1. The fourth-order valence-electron chi connectivity index (χ4n) is 4.21. The van der Waals surface area contributed by atoms with Crippen molar-refractivity contribution in [2.45, 2.75) is 19.0 Å². The first-order valence-corrected chi connectivity index (χ1v) is 10.1. The third-order valence-electron chi connectivity index (χ3n) is 5.97. The van der Waals surface area contributed by atoms with Gasteiger partial charge in [0.2, 0.25) is 0 Å². The van der Waals surface area contributed by atoms with Crippen LogP contribution >= 0.6 is 0 Å². The van der Waals surface area contributed by atoms with E-state index in [0.717, 1.165) is 53.2 Å². The zero-order valence-corrected chi connectivity index (χ0v) is 17.9. The van der Waals surface area contributed by atoms with Crippen molar-refractivity contribution in [3.05, 3.63) is 52.7 Å². The fraction of sp³-hybridized carbons (Fsp3) is 0.391. The van der Waals surface area contributed by atoms with E-state index in [9.17, 15) is 4.79 Å². The Morgan fingerprint density at radius 2 is 1.93 bits per heavy atom. The number of likely N-dealkylation sites (tertiary alicyclic amines) is 1. The molecule has 0 amide bonds. The summed E-state index contributed by atoms with van der Waals surface area (Å²) in [4.78, 5) is 19.1. The summed E-state index contributed by atoms with van der Waals surface area (Å²) in [5.74, 6) is 1.58. The number of aryl methyl sites for hydroxylation is 1. The zero-order valence-electron chi connectivity index (χ0n) is 17.9. The van der Waals surface area contributed by atoms with Gasteiger partial charge in [0.25, 0.3) is 5.56 Å². The predicted molar refractivity (Wildman–Crippen MR) is 118 cm³/mol. The first-order valence-electron chi connectivity index (χ1n) is 10.1. The molecule has 0 radical (unpaired) electrons. The lowest BCUT2D eigenvalue weighted by atomic mass is 9.97. The van der Waals surface area contributed by atoms with Gasteiger partial charge in [-0.15, -0.1) is 0 Å². The number of methoxy groups -OCH3 is 2. The normalized spacial score (nSPS) is 16.5. The molecule has 2 aromatic heterocycles. The van der Waals surface area contributed by atoms with Gasteiger partial charge in [-0.1, -0.05) is 0 Å². The van der Waals surface area contributed by atoms with Crippen LogP contribution in [0.15, 0.2) is 41.6 Å². The standard InChI is InChI=1S/C23H28N4O3/c1-24-11-16-6-8-27(16)14-20-21(29-3)9-15(10-22(20)30-4)19-13-26(2)23(28)18-12-25-7-5-17(18)19/h5,7,9-10,12-13,16,24H,6,8,11,14H2,1-4H3/t16-/m1/s1. The molecule has 1 aliphatic heterocycles. The molecule has 1 aliphatic rings. The molecule has 0 bridgehead atoms. The van der Waals surface area contributed by atoms with Crippen molar-refractivity contribution in [2.24, 2.45) is 7.05 Å². The van der Waals surface area contributed by atoms with E-state index < -0.39 is 0 Å². The van der Waals surface area contributed by atoms with Crippen LogP contribution < -0.4 is 20.3 Å². The van der Waals surface area contributed by atoms with Crippen molar-refractivity contribution >= 4 is 10.8 Å². The van der Waals surface area contributed by atoms with Gasteiger partial charge in [-0.2, -0.15) is 0 Å². The smallest absolute Gasteiger partial charge is 0.259 e.